The summed E-state index contributed by atoms with van der Waals surface area (Å²) in [6, 6.07) is 6.95. The molecule has 0 radical (unpaired) electrons. The Kier molecular flexibility index (Phi) is 9.89. The molecule has 2 aliphatic rings. The second-order valence-electron chi connectivity index (χ2n) is 10.9. The van der Waals surface area contributed by atoms with E-state index in [1.165, 1.54) is 35.0 Å². The number of likely N-dealkylation sites (N-methyl/N-ethyl adjacent to an activating group) is 1. The first-order chi connectivity index (χ1) is 19.5. The molecule has 1 aliphatic heterocycles. The summed E-state index contributed by atoms with van der Waals surface area (Å²) in [4.78, 5) is 14.5. The zero-order chi connectivity index (χ0) is 29.7. The molecule has 1 heterocycles. The smallest absolute Gasteiger partial charge is 0.317 e. The molecular weight excluding hydrogens is 552 g/mol. The fourth-order valence-electron chi connectivity index (χ4n) is 5.12. The van der Waals surface area contributed by atoms with Crippen LogP contribution in [0.5, 0.6) is 5.75 Å². The van der Waals surface area contributed by atoms with E-state index in [4.69, 9.17) is 4.74 Å². The minimum Gasteiger partial charge on any atom is -0.487 e. The van der Waals surface area contributed by atoms with E-state index in [2.05, 4.69) is 17.2 Å². The summed E-state index contributed by atoms with van der Waals surface area (Å²) < 4.78 is 61.9. The number of sulfonamides is 1. The monoisotopic (exact) mass is 589 g/mol. The molecule has 3 atom stereocenters. The summed E-state index contributed by atoms with van der Waals surface area (Å²) in [7, 11) is -2.37. The Hall–Kier alpha value is -3.20. The number of benzene rings is 2. The normalized spacial score (nSPS) is 21.7. The molecule has 0 bridgehead atoms. The number of carbonyl (C=O) groups excluding carboxylic acids is 1. The van der Waals surface area contributed by atoms with E-state index in [1.54, 1.807) is 18.9 Å². The summed E-state index contributed by atoms with van der Waals surface area (Å²) in [5.41, 5.74) is 0.657. The van der Waals surface area contributed by atoms with Gasteiger partial charge < -0.3 is 20.1 Å². The van der Waals surface area contributed by atoms with Crippen LogP contribution in [0.15, 0.2) is 41.3 Å². The number of fused-ring (bicyclic) bond motifs is 1. The van der Waals surface area contributed by atoms with Crippen LogP contribution < -0.4 is 10.1 Å². The molecule has 0 aromatic heterocycles. The molecule has 1 fully saturated rings. The van der Waals surface area contributed by atoms with E-state index in [-0.39, 0.29) is 53.9 Å². The van der Waals surface area contributed by atoms with Crippen molar-refractivity contribution in [3.63, 3.8) is 0 Å². The van der Waals surface area contributed by atoms with Crippen molar-refractivity contribution < 1.29 is 31.8 Å². The predicted octanol–water partition coefficient (Wildman–Crippen LogP) is 4.11. The van der Waals surface area contributed by atoms with Crippen molar-refractivity contribution in [3.8, 4) is 17.6 Å². The first-order valence-corrected chi connectivity index (χ1v) is 15.4. The molecule has 2 aromatic carbocycles. The summed E-state index contributed by atoms with van der Waals surface area (Å²) in [6.07, 6.45) is 4.67. The van der Waals surface area contributed by atoms with E-state index in [0.717, 1.165) is 37.8 Å². The van der Waals surface area contributed by atoms with Gasteiger partial charge in [0.2, 0.25) is 10.0 Å². The van der Waals surface area contributed by atoms with Crippen LogP contribution in [-0.4, -0.2) is 73.7 Å². The average molecular weight is 590 g/mol. The topological polar surface area (TPSA) is 99.2 Å². The highest BCUT2D eigenvalue weighted by Crippen LogP contribution is 2.34. The zero-order valence-corrected chi connectivity index (χ0v) is 24.4. The van der Waals surface area contributed by atoms with Crippen LogP contribution in [0, 0.1) is 29.4 Å². The number of aliphatic hydroxyl groups is 1. The third kappa shape index (κ3) is 7.36. The summed E-state index contributed by atoms with van der Waals surface area (Å²) >= 11 is 0. The molecule has 11 heteroatoms. The third-order valence-electron chi connectivity index (χ3n) is 7.67. The molecule has 2 aromatic rings. The summed E-state index contributed by atoms with van der Waals surface area (Å²) in [5, 5.41) is 12.9. The molecular formula is C30H37F2N3O5S. The number of nitrogens with one attached hydrogen (secondary N) is 1. The lowest BCUT2D eigenvalue weighted by Crippen LogP contribution is -2.52. The van der Waals surface area contributed by atoms with Crippen LogP contribution in [0.3, 0.4) is 0 Å². The summed E-state index contributed by atoms with van der Waals surface area (Å²) in [5.74, 6) is 3.35. The van der Waals surface area contributed by atoms with Crippen molar-refractivity contribution in [2.45, 2.75) is 69.0 Å². The molecule has 2 amide bonds. The minimum absolute atomic E-state index is 0.0647. The minimum atomic E-state index is -4.05. The van der Waals surface area contributed by atoms with Crippen LogP contribution in [0.1, 0.15) is 57.1 Å². The Morgan fingerprint density at radius 2 is 1.78 bits per heavy atom. The van der Waals surface area contributed by atoms with E-state index in [9.17, 15) is 27.1 Å². The molecule has 2 N–H and O–H groups in total. The maximum atomic E-state index is 13.7. The molecule has 0 saturated heterocycles. The fraction of sp³-hybridized carbons (Fsp3) is 0.500. The van der Waals surface area contributed by atoms with Crippen LogP contribution >= 0.6 is 0 Å². The van der Waals surface area contributed by atoms with E-state index < -0.39 is 33.8 Å². The van der Waals surface area contributed by atoms with Crippen molar-refractivity contribution in [3.05, 3.63) is 59.2 Å². The number of hydrogen-bond donors (Lipinski definition) is 2. The lowest BCUT2D eigenvalue weighted by atomic mass is 9.96. The van der Waals surface area contributed by atoms with Crippen molar-refractivity contribution in [1.29, 1.82) is 0 Å². The molecule has 0 unspecified atom stereocenters. The molecule has 0 spiro atoms. The van der Waals surface area contributed by atoms with Crippen LogP contribution in [-0.2, 0) is 10.0 Å². The number of amides is 2. The maximum absolute atomic E-state index is 13.7. The Morgan fingerprint density at radius 3 is 2.44 bits per heavy atom. The van der Waals surface area contributed by atoms with Gasteiger partial charge in [-0.2, -0.15) is 4.31 Å². The largest absolute Gasteiger partial charge is 0.487 e. The SMILES string of the molecule is C[C@@H]1CN([C@@H](C)CO)S(=O)(=O)c2ccc(C#Cc3ccc(F)c(F)c3)cc2O[C@H]1CN(C)C(=O)NC1CCCCC1. The van der Waals surface area contributed by atoms with E-state index in [0.29, 0.717) is 5.56 Å². The maximum Gasteiger partial charge on any atom is 0.317 e. The van der Waals surface area contributed by atoms with Gasteiger partial charge >= 0.3 is 6.03 Å². The number of aliphatic hydroxyl groups excluding tert-OH is 1. The zero-order valence-electron chi connectivity index (χ0n) is 23.6. The Morgan fingerprint density at radius 1 is 1.12 bits per heavy atom. The standard InChI is InChI=1S/C30H37F2N3O5S/c1-20-17-35(21(2)19-36)41(38,39)29-14-12-23(10-9-22-11-13-25(31)26(32)15-22)16-27(29)40-28(20)18-34(3)30(37)33-24-7-5-4-6-8-24/h11-16,20-21,24,28,36H,4-8,17-19H2,1-3H3,(H,33,37)/t20-,21+,28+/m1/s1. The third-order valence-corrected chi connectivity index (χ3v) is 9.69. The fourth-order valence-corrected chi connectivity index (χ4v) is 6.95. The second kappa shape index (κ2) is 13.2. The molecule has 4 rings (SSSR count). The molecule has 8 nitrogen and oxygen atoms in total. The van der Waals surface area contributed by atoms with E-state index in [1.807, 2.05) is 6.92 Å². The number of carbonyl (C=O) groups is 1. The van der Waals surface area contributed by atoms with Gasteiger partial charge in [0.1, 0.15) is 16.7 Å². The second-order valence-corrected chi connectivity index (χ2v) is 12.8. The van der Waals surface area contributed by atoms with Gasteiger partial charge in [0.05, 0.1) is 13.2 Å². The molecule has 1 aliphatic carbocycles. The number of ether oxygens (including phenoxy) is 1. The molecule has 41 heavy (non-hydrogen) atoms. The number of nitrogens with zero attached hydrogens (tertiary/aromatic N) is 2. The average Bonchev–Trinajstić information content (AvgIpc) is 2.95. The number of rotatable bonds is 5. The van der Waals surface area contributed by atoms with Crippen molar-refractivity contribution in [2.24, 2.45) is 5.92 Å². The van der Waals surface area contributed by atoms with Gasteiger partial charge in [0.25, 0.3) is 0 Å². The lowest BCUT2D eigenvalue weighted by Gasteiger charge is -2.37. The van der Waals surface area contributed by atoms with Crippen molar-refractivity contribution in [1.82, 2.24) is 14.5 Å². The van der Waals surface area contributed by atoms with Crippen LogP contribution in [0.2, 0.25) is 0 Å². The van der Waals surface area contributed by atoms with Gasteiger partial charge in [-0.15, -0.1) is 0 Å². The van der Waals surface area contributed by atoms with Gasteiger partial charge in [-0.25, -0.2) is 22.0 Å². The number of hydrogen-bond acceptors (Lipinski definition) is 5. The highest BCUT2D eigenvalue weighted by Gasteiger charge is 2.38. The van der Waals surface area contributed by atoms with Gasteiger partial charge in [0, 0.05) is 42.7 Å². The quantitative estimate of drug-likeness (QED) is 0.512. The van der Waals surface area contributed by atoms with Crippen LogP contribution in [0.25, 0.3) is 0 Å². The first-order valence-electron chi connectivity index (χ1n) is 13.9. The Labute approximate surface area is 240 Å². The number of halogens is 2. The summed E-state index contributed by atoms with van der Waals surface area (Å²) in [6.45, 7) is 3.40. The molecule has 1 saturated carbocycles. The van der Waals surface area contributed by atoms with Gasteiger partial charge in [-0.1, -0.05) is 38.0 Å². The van der Waals surface area contributed by atoms with Gasteiger partial charge in [-0.05, 0) is 56.2 Å². The van der Waals surface area contributed by atoms with Crippen molar-refractivity contribution >= 4 is 16.1 Å². The van der Waals surface area contributed by atoms with E-state index >= 15 is 0 Å². The van der Waals surface area contributed by atoms with Gasteiger partial charge in [-0.3, -0.25) is 0 Å². The first kappa shape index (κ1) is 30.8. The molecule has 222 valence electrons. The lowest BCUT2D eigenvalue weighted by molar-refractivity contribution is 0.0806. The predicted molar refractivity (Wildman–Crippen MR) is 151 cm³/mol. The highest BCUT2D eigenvalue weighted by molar-refractivity contribution is 7.89. The van der Waals surface area contributed by atoms with Crippen LogP contribution in [0.4, 0.5) is 13.6 Å². The van der Waals surface area contributed by atoms with Crippen molar-refractivity contribution in [2.75, 3.05) is 26.7 Å². The van der Waals surface area contributed by atoms with Gasteiger partial charge in [0.15, 0.2) is 11.6 Å². The highest BCUT2D eigenvalue weighted by atomic mass is 32.2. The Bertz CT molecular complexity index is 1420. The number of urea groups is 1. The Balaban J connectivity index is 1.65.